The molecule has 0 aliphatic heterocycles. The molecule has 0 N–H and O–H groups in total. The van der Waals surface area contributed by atoms with Crippen LogP contribution < -0.4 is 0 Å². The number of fused-ring (bicyclic) bond motifs is 13. The Labute approximate surface area is 356 Å². The normalized spacial score (nSPS) is 12.1. The van der Waals surface area contributed by atoms with Gasteiger partial charge in [-0.15, -0.1) is 11.3 Å². The Hall–Kier alpha value is -8.31. The quantitative estimate of drug-likeness (QED) is 0.177. The van der Waals surface area contributed by atoms with E-state index in [2.05, 4.69) is 138 Å². The fraction of sp³-hybridized carbons (Fsp3) is 0. The van der Waals surface area contributed by atoms with Gasteiger partial charge in [0.25, 0.3) is 0 Å². The van der Waals surface area contributed by atoms with Gasteiger partial charge < -0.3 is 13.4 Å². The Morgan fingerprint density at radius 2 is 1.10 bits per heavy atom. The topological polar surface area (TPSA) is 69.9 Å². The molecule has 5 aromatic heterocycles. The standard InChI is InChI=1S/C55H28N4O2S/c1-2-12-32-28-45-40(25-31(32)11-1)36-13-3-7-17-44(36)59(45)35-29-43(52-39-16-5-9-19-47(39)61-49(52)30-35)55-57-53(33-21-23-48-41(26-33)37-14-4-8-18-46(37)60-48)56-54(58-55)34-22-24-51-42(27-34)38-15-6-10-20-50(38)62-51/h1-2,4-12,14-30H. The highest BCUT2D eigenvalue weighted by atomic mass is 32.1. The molecule has 286 valence electrons. The van der Waals surface area contributed by atoms with Gasteiger partial charge in [-0.1, -0.05) is 91.0 Å². The predicted molar refractivity (Wildman–Crippen MR) is 253 cm³/mol. The number of para-hydroxylation sites is 2. The van der Waals surface area contributed by atoms with Crippen molar-refractivity contribution in [1.29, 1.82) is 0 Å². The van der Waals surface area contributed by atoms with Gasteiger partial charge in [0, 0.05) is 69.9 Å². The number of rotatable bonds is 4. The van der Waals surface area contributed by atoms with E-state index in [9.17, 15) is 0 Å². The minimum atomic E-state index is 0.543. The van der Waals surface area contributed by atoms with Crippen molar-refractivity contribution in [2.24, 2.45) is 0 Å². The molecule has 9 aromatic carbocycles. The number of nitrogens with zero attached hydrogens (tertiary/aromatic N) is 4. The van der Waals surface area contributed by atoms with E-state index in [0.717, 1.165) is 93.4 Å². The maximum Gasteiger partial charge on any atom is 0.164 e. The van der Waals surface area contributed by atoms with Gasteiger partial charge in [0.05, 0.1) is 22.1 Å². The van der Waals surface area contributed by atoms with Gasteiger partial charge in [0.1, 0.15) is 22.3 Å². The van der Waals surface area contributed by atoms with Gasteiger partial charge in [0.2, 0.25) is 0 Å². The van der Waals surface area contributed by atoms with Crippen molar-refractivity contribution in [3.05, 3.63) is 182 Å². The first-order chi connectivity index (χ1) is 30.7. The lowest BCUT2D eigenvalue weighted by molar-refractivity contribution is 0.668. The zero-order valence-electron chi connectivity index (χ0n) is 32.7. The van der Waals surface area contributed by atoms with E-state index in [1.807, 2.05) is 48.5 Å². The Morgan fingerprint density at radius 3 is 1.95 bits per heavy atom. The summed E-state index contributed by atoms with van der Waals surface area (Å²) in [5.41, 5.74) is 8.79. The molecule has 5 heterocycles. The van der Waals surface area contributed by atoms with Crippen LogP contribution >= 0.6 is 11.3 Å². The van der Waals surface area contributed by atoms with E-state index in [-0.39, 0.29) is 0 Å². The van der Waals surface area contributed by atoms with Crippen molar-refractivity contribution in [3.8, 4) is 39.9 Å². The summed E-state index contributed by atoms with van der Waals surface area (Å²) < 4.78 is 17.7. The molecule has 0 unspecified atom stereocenters. The monoisotopic (exact) mass is 808 g/mol. The summed E-state index contributed by atoms with van der Waals surface area (Å²) in [4.78, 5) is 16.1. The summed E-state index contributed by atoms with van der Waals surface area (Å²) in [7, 11) is 0. The minimum absolute atomic E-state index is 0.543. The van der Waals surface area contributed by atoms with E-state index in [1.165, 1.54) is 25.6 Å². The molecule has 0 atom stereocenters. The number of hydrogen-bond acceptors (Lipinski definition) is 6. The van der Waals surface area contributed by atoms with Crippen LogP contribution in [0.25, 0.3) is 136 Å². The van der Waals surface area contributed by atoms with Crippen molar-refractivity contribution in [3.63, 3.8) is 0 Å². The highest BCUT2D eigenvalue weighted by Gasteiger charge is 2.23. The summed E-state index contributed by atoms with van der Waals surface area (Å²) in [5, 5.41) is 10.8. The fourth-order valence-corrected chi connectivity index (χ4v) is 10.5. The average molecular weight is 809 g/mol. The van der Waals surface area contributed by atoms with Crippen LogP contribution in [0.2, 0.25) is 0 Å². The SMILES string of the molecule is c1ccc2c(c#1)c1cc3ccccc3cc1n2-c1cc(-c2nc(-c3ccc4oc5ccccc5c4c3)nc(-c3ccc4sc5ccccc5c4c3)n2)c2c(c1)oc1ccccc12. The lowest BCUT2D eigenvalue weighted by Gasteiger charge is -2.13. The minimum Gasteiger partial charge on any atom is -0.456 e. The molecule has 14 aromatic rings. The smallest absolute Gasteiger partial charge is 0.164 e. The highest BCUT2D eigenvalue weighted by Crippen LogP contribution is 2.42. The molecule has 7 heteroatoms. The van der Waals surface area contributed by atoms with Crippen LogP contribution in [-0.4, -0.2) is 19.5 Å². The van der Waals surface area contributed by atoms with Gasteiger partial charge in [-0.3, -0.25) is 0 Å². The van der Waals surface area contributed by atoms with E-state index in [0.29, 0.717) is 17.5 Å². The number of furan rings is 2. The van der Waals surface area contributed by atoms with Crippen molar-refractivity contribution >= 4 is 108 Å². The first-order valence-corrected chi connectivity index (χ1v) is 21.3. The summed E-state index contributed by atoms with van der Waals surface area (Å²) >= 11 is 1.80. The van der Waals surface area contributed by atoms with Gasteiger partial charge in [-0.2, -0.15) is 0 Å². The largest absolute Gasteiger partial charge is 0.456 e. The summed E-state index contributed by atoms with van der Waals surface area (Å²) in [5.74, 6) is 1.69. The van der Waals surface area contributed by atoms with E-state index in [4.69, 9.17) is 23.8 Å². The van der Waals surface area contributed by atoms with Crippen LogP contribution in [-0.2, 0) is 0 Å². The van der Waals surface area contributed by atoms with Crippen LogP contribution in [0.1, 0.15) is 0 Å². The molecule has 62 heavy (non-hydrogen) atoms. The molecular formula is C55H28N4O2S. The molecular weight excluding hydrogens is 781 g/mol. The molecule has 0 saturated heterocycles. The van der Waals surface area contributed by atoms with Crippen molar-refractivity contribution < 1.29 is 8.83 Å². The Bertz CT molecular complexity index is 4060. The summed E-state index contributed by atoms with van der Waals surface area (Å²) in [6.45, 7) is 0. The molecule has 0 aliphatic carbocycles. The molecule has 0 bridgehead atoms. The second-order valence-electron chi connectivity index (χ2n) is 15.8. The van der Waals surface area contributed by atoms with Crippen LogP contribution in [0.3, 0.4) is 0 Å². The number of aromatic nitrogens is 4. The third-order valence-electron chi connectivity index (χ3n) is 12.3. The first kappa shape index (κ1) is 33.5. The third kappa shape index (κ3) is 4.90. The fourth-order valence-electron chi connectivity index (χ4n) is 9.43. The zero-order valence-corrected chi connectivity index (χ0v) is 33.5. The molecule has 0 radical (unpaired) electrons. The molecule has 6 nitrogen and oxygen atoms in total. The number of hydrogen-bond donors (Lipinski definition) is 0. The maximum absolute atomic E-state index is 6.73. The number of thiophene rings is 1. The van der Waals surface area contributed by atoms with E-state index >= 15 is 0 Å². The molecule has 0 fully saturated rings. The Balaban J connectivity index is 1.07. The summed E-state index contributed by atoms with van der Waals surface area (Å²) in [6, 6.07) is 65.6. The molecule has 0 spiro atoms. The van der Waals surface area contributed by atoms with Crippen LogP contribution in [0.5, 0.6) is 0 Å². The van der Waals surface area contributed by atoms with Gasteiger partial charge in [-0.05, 0) is 95.7 Å². The van der Waals surface area contributed by atoms with Gasteiger partial charge in [0.15, 0.2) is 17.5 Å². The van der Waals surface area contributed by atoms with Crippen LogP contribution in [0.15, 0.2) is 179 Å². The zero-order chi connectivity index (χ0) is 40.5. The average Bonchev–Trinajstić information content (AvgIpc) is 4.08. The summed E-state index contributed by atoms with van der Waals surface area (Å²) in [6.07, 6.45) is 0. The predicted octanol–water partition coefficient (Wildman–Crippen LogP) is 14.9. The van der Waals surface area contributed by atoms with E-state index in [1.54, 1.807) is 11.3 Å². The Morgan fingerprint density at radius 1 is 0.452 bits per heavy atom. The lowest BCUT2D eigenvalue weighted by atomic mass is 10.0. The van der Waals surface area contributed by atoms with E-state index < -0.39 is 0 Å². The Kier molecular flexibility index (Phi) is 6.81. The second kappa shape index (κ2) is 12.6. The number of benzene rings is 8. The van der Waals surface area contributed by atoms with Crippen LogP contribution in [0, 0.1) is 12.1 Å². The molecule has 14 rings (SSSR count). The first-order valence-electron chi connectivity index (χ1n) is 20.5. The second-order valence-corrected chi connectivity index (χ2v) is 16.9. The van der Waals surface area contributed by atoms with Crippen molar-refractivity contribution in [2.75, 3.05) is 0 Å². The molecule has 0 aliphatic rings. The van der Waals surface area contributed by atoms with Gasteiger partial charge >= 0.3 is 0 Å². The van der Waals surface area contributed by atoms with Crippen LogP contribution in [0.4, 0.5) is 0 Å². The molecule has 0 amide bonds. The van der Waals surface area contributed by atoms with Crippen molar-refractivity contribution in [1.82, 2.24) is 19.5 Å². The maximum atomic E-state index is 6.73. The highest BCUT2D eigenvalue weighted by molar-refractivity contribution is 7.25. The third-order valence-corrected chi connectivity index (χ3v) is 13.4. The molecule has 0 saturated carbocycles. The van der Waals surface area contributed by atoms with Crippen molar-refractivity contribution in [2.45, 2.75) is 0 Å². The lowest BCUT2D eigenvalue weighted by Crippen LogP contribution is -2.02. The van der Waals surface area contributed by atoms with Gasteiger partial charge in [-0.25, -0.2) is 15.0 Å².